The molecule has 2 aromatic carbocycles. The van der Waals surface area contributed by atoms with Crippen molar-refractivity contribution < 1.29 is 18.7 Å². The van der Waals surface area contributed by atoms with Crippen molar-refractivity contribution in [2.24, 2.45) is 11.8 Å². The average molecular weight is 428 g/mol. The van der Waals surface area contributed by atoms with E-state index in [2.05, 4.69) is 11.8 Å². The van der Waals surface area contributed by atoms with Crippen molar-refractivity contribution in [3.8, 4) is 0 Å². The Labute approximate surface area is 185 Å². The highest BCUT2D eigenvalue weighted by Crippen LogP contribution is 2.28. The lowest BCUT2D eigenvalue weighted by atomic mass is 9.84. The van der Waals surface area contributed by atoms with Gasteiger partial charge in [-0.2, -0.15) is 0 Å². The van der Waals surface area contributed by atoms with Gasteiger partial charge in [0.25, 0.3) is 0 Å². The summed E-state index contributed by atoms with van der Waals surface area (Å²) in [4.78, 5) is 14.3. The van der Waals surface area contributed by atoms with E-state index in [9.17, 15) is 9.18 Å². The number of benzene rings is 2. The fourth-order valence-electron chi connectivity index (χ4n) is 4.36. The van der Waals surface area contributed by atoms with Crippen LogP contribution in [-0.4, -0.2) is 43.7 Å². The molecule has 4 nitrogen and oxygen atoms in total. The van der Waals surface area contributed by atoms with Gasteiger partial charge in [0.15, 0.2) is 0 Å². The van der Waals surface area contributed by atoms with Crippen molar-refractivity contribution >= 4 is 5.97 Å². The van der Waals surface area contributed by atoms with E-state index in [0.717, 1.165) is 43.6 Å². The summed E-state index contributed by atoms with van der Waals surface area (Å²) < 4.78 is 24.7. The zero-order chi connectivity index (χ0) is 22.1. The molecule has 2 aromatic rings. The minimum atomic E-state index is -0.240. The zero-order valence-corrected chi connectivity index (χ0v) is 18.6. The van der Waals surface area contributed by atoms with Gasteiger partial charge in [-0.1, -0.05) is 49.4 Å². The number of esters is 1. The van der Waals surface area contributed by atoms with E-state index in [1.807, 2.05) is 37.3 Å². The van der Waals surface area contributed by atoms with Crippen LogP contribution in [0, 0.1) is 17.7 Å². The van der Waals surface area contributed by atoms with Gasteiger partial charge in [-0.15, -0.1) is 0 Å². The number of halogens is 1. The Morgan fingerprint density at radius 3 is 2.52 bits per heavy atom. The summed E-state index contributed by atoms with van der Waals surface area (Å²) in [6, 6.07) is 16.6. The number of hydrogen-bond acceptors (Lipinski definition) is 4. The molecule has 1 aliphatic rings. The van der Waals surface area contributed by atoms with Crippen molar-refractivity contribution in [1.82, 2.24) is 4.90 Å². The SMILES string of the molecule is CCOC(=O)C[C@@H]1CCN(CCCOC(c2ccccc2)c2ccc(F)cc2)C[C@H]1C. The molecule has 5 heteroatoms. The lowest BCUT2D eigenvalue weighted by Crippen LogP contribution is -2.40. The minimum Gasteiger partial charge on any atom is -0.466 e. The van der Waals surface area contributed by atoms with Gasteiger partial charge in [0.05, 0.1) is 6.61 Å². The van der Waals surface area contributed by atoms with Crippen LogP contribution >= 0.6 is 0 Å². The molecule has 0 aromatic heterocycles. The van der Waals surface area contributed by atoms with Crippen LogP contribution in [0.4, 0.5) is 4.39 Å². The Kier molecular flexibility index (Phi) is 9.04. The van der Waals surface area contributed by atoms with Crippen molar-refractivity contribution in [2.75, 3.05) is 32.8 Å². The number of carbonyl (C=O) groups excluding carboxylic acids is 1. The lowest BCUT2D eigenvalue weighted by Gasteiger charge is -2.36. The number of likely N-dealkylation sites (tertiary alicyclic amines) is 1. The summed E-state index contributed by atoms with van der Waals surface area (Å²) in [5.41, 5.74) is 2.03. The van der Waals surface area contributed by atoms with Gasteiger partial charge in [-0.05, 0) is 61.4 Å². The largest absolute Gasteiger partial charge is 0.466 e. The van der Waals surface area contributed by atoms with E-state index >= 15 is 0 Å². The maximum atomic E-state index is 13.4. The number of piperidine rings is 1. The summed E-state index contributed by atoms with van der Waals surface area (Å²) in [5.74, 6) is 0.577. The summed E-state index contributed by atoms with van der Waals surface area (Å²) in [6.45, 7) is 8.15. The standard InChI is InChI=1S/C26H34FNO3/c1-3-30-25(29)18-23-14-16-28(19-20(23)2)15-7-17-31-26(21-8-5-4-6-9-21)22-10-12-24(27)13-11-22/h4-6,8-13,20,23,26H,3,7,14-19H2,1-2H3/t20-,23+,26?/m1/s1. The molecular weight excluding hydrogens is 393 g/mol. The van der Waals surface area contributed by atoms with E-state index in [1.54, 1.807) is 12.1 Å². The third-order valence-corrected chi connectivity index (χ3v) is 6.08. The van der Waals surface area contributed by atoms with E-state index in [-0.39, 0.29) is 17.9 Å². The highest BCUT2D eigenvalue weighted by Gasteiger charge is 2.28. The summed E-state index contributed by atoms with van der Waals surface area (Å²) in [5, 5.41) is 0. The molecule has 0 radical (unpaired) electrons. The van der Waals surface area contributed by atoms with E-state index in [4.69, 9.17) is 9.47 Å². The van der Waals surface area contributed by atoms with Crippen LogP contribution in [0.15, 0.2) is 54.6 Å². The molecule has 1 unspecified atom stereocenters. The summed E-state index contributed by atoms with van der Waals surface area (Å²) in [6.07, 6.45) is 2.29. The monoisotopic (exact) mass is 427 g/mol. The molecule has 0 amide bonds. The van der Waals surface area contributed by atoms with Crippen molar-refractivity contribution in [3.05, 3.63) is 71.5 Å². The van der Waals surface area contributed by atoms with Crippen molar-refractivity contribution in [3.63, 3.8) is 0 Å². The predicted molar refractivity (Wildman–Crippen MR) is 120 cm³/mol. The fourth-order valence-corrected chi connectivity index (χ4v) is 4.36. The van der Waals surface area contributed by atoms with Crippen LogP contribution in [0.1, 0.15) is 50.3 Å². The molecular formula is C26H34FNO3. The van der Waals surface area contributed by atoms with Gasteiger partial charge in [-0.3, -0.25) is 4.79 Å². The molecule has 168 valence electrons. The molecule has 1 aliphatic heterocycles. The number of carbonyl (C=O) groups is 1. The van der Waals surface area contributed by atoms with Gasteiger partial charge in [-0.25, -0.2) is 4.39 Å². The molecule has 0 spiro atoms. The molecule has 0 N–H and O–H groups in total. The Balaban J connectivity index is 1.47. The van der Waals surface area contributed by atoms with Crippen LogP contribution in [-0.2, 0) is 14.3 Å². The van der Waals surface area contributed by atoms with E-state index < -0.39 is 0 Å². The molecule has 1 heterocycles. The molecule has 1 saturated heterocycles. The van der Waals surface area contributed by atoms with Crippen molar-refractivity contribution in [1.29, 1.82) is 0 Å². The maximum Gasteiger partial charge on any atom is 0.306 e. The Bertz CT molecular complexity index is 796. The van der Waals surface area contributed by atoms with E-state index in [0.29, 0.717) is 31.5 Å². The lowest BCUT2D eigenvalue weighted by molar-refractivity contribution is -0.145. The van der Waals surface area contributed by atoms with Crippen LogP contribution in [0.3, 0.4) is 0 Å². The normalized spacial score (nSPS) is 20.4. The minimum absolute atomic E-state index is 0.0750. The summed E-state index contributed by atoms with van der Waals surface area (Å²) >= 11 is 0. The first-order valence-corrected chi connectivity index (χ1v) is 11.4. The number of rotatable bonds is 10. The average Bonchev–Trinajstić information content (AvgIpc) is 2.77. The topological polar surface area (TPSA) is 38.8 Å². The first-order valence-electron chi connectivity index (χ1n) is 11.4. The van der Waals surface area contributed by atoms with Gasteiger partial charge < -0.3 is 14.4 Å². The van der Waals surface area contributed by atoms with Crippen LogP contribution in [0.2, 0.25) is 0 Å². The molecule has 0 aliphatic carbocycles. The smallest absolute Gasteiger partial charge is 0.306 e. The zero-order valence-electron chi connectivity index (χ0n) is 18.6. The van der Waals surface area contributed by atoms with E-state index in [1.165, 1.54) is 12.1 Å². The first-order chi connectivity index (χ1) is 15.1. The van der Waals surface area contributed by atoms with Crippen LogP contribution < -0.4 is 0 Å². The maximum absolute atomic E-state index is 13.4. The number of ether oxygens (including phenoxy) is 2. The Morgan fingerprint density at radius 2 is 1.84 bits per heavy atom. The molecule has 31 heavy (non-hydrogen) atoms. The molecule has 0 bridgehead atoms. The highest BCUT2D eigenvalue weighted by molar-refractivity contribution is 5.69. The van der Waals surface area contributed by atoms with Gasteiger partial charge in [0, 0.05) is 26.1 Å². The van der Waals surface area contributed by atoms with Crippen molar-refractivity contribution in [2.45, 2.75) is 39.2 Å². The second-order valence-corrected chi connectivity index (χ2v) is 8.40. The molecule has 3 atom stereocenters. The summed E-state index contributed by atoms with van der Waals surface area (Å²) in [7, 11) is 0. The third kappa shape index (κ3) is 7.15. The van der Waals surface area contributed by atoms with Gasteiger partial charge in [0.1, 0.15) is 11.9 Å². The van der Waals surface area contributed by atoms with Crippen LogP contribution in [0.25, 0.3) is 0 Å². The highest BCUT2D eigenvalue weighted by atomic mass is 19.1. The number of nitrogens with zero attached hydrogens (tertiary/aromatic N) is 1. The first kappa shape index (κ1) is 23.4. The molecule has 3 rings (SSSR count). The van der Waals surface area contributed by atoms with Gasteiger partial charge >= 0.3 is 5.97 Å². The quantitative estimate of drug-likeness (QED) is 0.384. The second-order valence-electron chi connectivity index (χ2n) is 8.40. The van der Waals surface area contributed by atoms with Gasteiger partial charge in [0.2, 0.25) is 0 Å². The fraction of sp³-hybridized carbons (Fsp3) is 0.500. The Hall–Kier alpha value is -2.24. The molecule has 1 fully saturated rings. The molecule has 0 saturated carbocycles. The predicted octanol–water partition coefficient (Wildman–Crippen LogP) is 5.23. The third-order valence-electron chi connectivity index (χ3n) is 6.08. The Morgan fingerprint density at radius 1 is 1.13 bits per heavy atom. The number of hydrogen-bond donors (Lipinski definition) is 0. The second kappa shape index (κ2) is 12.0. The van der Waals surface area contributed by atoms with Crippen LogP contribution in [0.5, 0.6) is 0 Å².